The molecule has 0 radical (unpaired) electrons. The normalized spacial score (nSPS) is 11.6. The summed E-state index contributed by atoms with van der Waals surface area (Å²) in [6.07, 6.45) is 3.67. The third-order valence-electron chi connectivity index (χ3n) is 7.00. The fraction of sp³-hybridized carbons (Fsp3) is 0.167. The molecule has 11 heteroatoms. The Labute approximate surface area is 243 Å². The van der Waals surface area contributed by atoms with Crippen molar-refractivity contribution in [1.82, 2.24) is 30.1 Å². The summed E-state index contributed by atoms with van der Waals surface area (Å²) < 4.78 is 16.9. The Morgan fingerprint density at radius 1 is 1.07 bits per heavy atom. The number of oxazole rings is 1. The Morgan fingerprint density at radius 3 is 2.68 bits per heavy atom. The summed E-state index contributed by atoms with van der Waals surface area (Å²) in [6.45, 7) is 5.72. The van der Waals surface area contributed by atoms with Gasteiger partial charge in [-0.05, 0) is 45.0 Å². The molecule has 5 aromatic heterocycles. The van der Waals surface area contributed by atoms with E-state index in [9.17, 15) is 0 Å². The van der Waals surface area contributed by atoms with Crippen LogP contribution in [0.5, 0.6) is 5.75 Å². The van der Waals surface area contributed by atoms with Gasteiger partial charge in [0.15, 0.2) is 5.01 Å². The quantitative estimate of drug-likeness (QED) is 0.212. The highest BCUT2D eigenvalue weighted by Gasteiger charge is 2.23. The van der Waals surface area contributed by atoms with Crippen molar-refractivity contribution in [1.29, 1.82) is 0 Å². The zero-order chi connectivity index (χ0) is 28.2. The maximum Gasteiger partial charge on any atom is 0.255 e. The lowest BCUT2D eigenvalue weighted by atomic mass is 10.00. The summed E-state index contributed by atoms with van der Waals surface area (Å²) in [5.74, 6) is 2.58. The number of aromatic amines is 1. The SMILES string of the molecule is COc1cc2c(cc1-c1c(C)noc1C)[nH]c1nc(C)nc(Cc3sc(-c4ncco4)nc3-c3cccc(Cl)c3)c12. The first-order chi connectivity index (χ1) is 19.9. The number of fused-ring (bicyclic) bond motifs is 3. The van der Waals surface area contributed by atoms with Crippen molar-refractivity contribution in [3.8, 4) is 39.0 Å². The van der Waals surface area contributed by atoms with Gasteiger partial charge in [0.25, 0.3) is 5.89 Å². The number of hydrogen-bond donors (Lipinski definition) is 1. The lowest BCUT2D eigenvalue weighted by molar-refractivity contribution is 0.393. The van der Waals surface area contributed by atoms with Crippen LogP contribution < -0.4 is 4.74 Å². The second-order valence-corrected chi connectivity index (χ2v) is 11.2. The molecule has 41 heavy (non-hydrogen) atoms. The number of thiazole rings is 1. The highest BCUT2D eigenvalue weighted by Crippen LogP contribution is 2.41. The Kier molecular flexibility index (Phi) is 6.09. The van der Waals surface area contributed by atoms with Crippen LogP contribution in [0.3, 0.4) is 0 Å². The van der Waals surface area contributed by atoms with Gasteiger partial charge < -0.3 is 18.7 Å². The Hall–Kier alpha value is -4.54. The van der Waals surface area contributed by atoms with Crippen LogP contribution in [0.25, 0.3) is 55.2 Å². The molecule has 0 bridgehead atoms. The molecule has 0 unspecified atom stereocenters. The van der Waals surface area contributed by atoms with Crippen LogP contribution in [-0.2, 0) is 6.42 Å². The van der Waals surface area contributed by atoms with Crippen LogP contribution in [-0.4, -0.2) is 37.2 Å². The first-order valence-electron chi connectivity index (χ1n) is 12.8. The van der Waals surface area contributed by atoms with Crippen LogP contribution in [0, 0.1) is 20.8 Å². The van der Waals surface area contributed by atoms with E-state index in [0.717, 1.165) is 66.3 Å². The van der Waals surface area contributed by atoms with Crippen LogP contribution >= 0.6 is 22.9 Å². The van der Waals surface area contributed by atoms with Gasteiger partial charge in [0.05, 0.1) is 36.0 Å². The topological polar surface area (TPSA) is 116 Å². The Morgan fingerprint density at radius 2 is 1.95 bits per heavy atom. The van der Waals surface area contributed by atoms with Crippen LogP contribution in [0.2, 0.25) is 5.02 Å². The number of methoxy groups -OCH3 is 1. The average molecular weight is 583 g/mol. The van der Waals surface area contributed by atoms with E-state index < -0.39 is 0 Å². The van der Waals surface area contributed by atoms with Crippen molar-refractivity contribution in [3.05, 3.63) is 81.7 Å². The maximum absolute atomic E-state index is 6.36. The van der Waals surface area contributed by atoms with Crippen molar-refractivity contribution in [2.75, 3.05) is 7.11 Å². The zero-order valence-electron chi connectivity index (χ0n) is 22.6. The number of aryl methyl sites for hydroxylation is 3. The van der Waals surface area contributed by atoms with Crippen molar-refractivity contribution < 1.29 is 13.7 Å². The minimum Gasteiger partial charge on any atom is -0.496 e. The molecule has 7 aromatic rings. The largest absolute Gasteiger partial charge is 0.496 e. The molecule has 0 aliphatic heterocycles. The van der Waals surface area contributed by atoms with Crippen molar-refractivity contribution >= 4 is 44.9 Å². The number of nitrogens with zero attached hydrogens (tertiary/aromatic N) is 5. The summed E-state index contributed by atoms with van der Waals surface area (Å²) in [5, 5.41) is 7.35. The second kappa shape index (κ2) is 9.83. The number of hydrogen-bond acceptors (Lipinski definition) is 9. The van der Waals surface area contributed by atoms with Crippen molar-refractivity contribution in [2.45, 2.75) is 27.2 Å². The average Bonchev–Trinajstić information content (AvgIpc) is 3.74. The molecule has 7 rings (SSSR count). The van der Waals surface area contributed by atoms with Gasteiger partial charge in [0.1, 0.15) is 29.2 Å². The number of aromatic nitrogens is 6. The molecule has 0 aliphatic carbocycles. The first kappa shape index (κ1) is 25.4. The number of ether oxygens (including phenoxy) is 1. The van der Waals surface area contributed by atoms with Gasteiger partial charge in [-0.2, -0.15) is 0 Å². The third-order valence-corrected chi connectivity index (χ3v) is 8.28. The van der Waals surface area contributed by atoms with Crippen molar-refractivity contribution in [2.24, 2.45) is 0 Å². The van der Waals surface area contributed by atoms with Gasteiger partial charge in [-0.3, -0.25) is 0 Å². The predicted molar refractivity (Wildman–Crippen MR) is 159 cm³/mol. The number of rotatable bonds is 6. The molecule has 0 aliphatic rings. The molecule has 0 amide bonds. The molecule has 2 aromatic carbocycles. The fourth-order valence-corrected chi connectivity index (χ4v) is 6.50. The van der Waals surface area contributed by atoms with Gasteiger partial charge in [-0.25, -0.2) is 19.9 Å². The molecule has 5 heterocycles. The zero-order valence-corrected chi connectivity index (χ0v) is 24.1. The third kappa shape index (κ3) is 4.36. The van der Waals surface area contributed by atoms with E-state index in [2.05, 4.69) is 21.2 Å². The van der Waals surface area contributed by atoms with Crippen molar-refractivity contribution in [3.63, 3.8) is 0 Å². The molecular weight excluding hydrogens is 560 g/mol. The number of H-pyrrole nitrogens is 1. The minimum absolute atomic E-state index is 0.470. The molecule has 0 spiro atoms. The molecule has 9 nitrogen and oxygen atoms in total. The first-order valence-corrected chi connectivity index (χ1v) is 14.0. The van der Waals surface area contributed by atoms with E-state index in [4.69, 9.17) is 40.2 Å². The molecule has 0 fully saturated rings. The molecule has 0 saturated carbocycles. The van der Waals surface area contributed by atoms with Crippen LogP contribution in [0.1, 0.15) is 27.8 Å². The number of halogens is 1. The predicted octanol–water partition coefficient (Wildman–Crippen LogP) is 7.72. The summed E-state index contributed by atoms with van der Waals surface area (Å²) in [5.41, 5.74) is 6.88. The van der Waals surface area contributed by atoms with Crippen LogP contribution in [0.15, 0.2) is 57.8 Å². The molecule has 0 saturated heterocycles. The van der Waals surface area contributed by atoms with E-state index >= 15 is 0 Å². The summed E-state index contributed by atoms with van der Waals surface area (Å²) in [6, 6.07) is 11.8. The van der Waals surface area contributed by atoms with Gasteiger partial charge in [0, 0.05) is 43.7 Å². The Balaban J connectivity index is 1.42. The van der Waals surface area contributed by atoms with Gasteiger partial charge in [-0.1, -0.05) is 28.9 Å². The van der Waals surface area contributed by atoms with Gasteiger partial charge >= 0.3 is 0 Å². The minimum atomic E-state index is 0.470. The lowest BCUT2D eigenvalue weighted by Gasteiger charge is -2.09. The monoisotopic (exact) mass is 582 g/mol. The van der Waals surface area contributed by atoms with E-state index in [1.54, 1.807) is 19.6 Å². The van der Waals surface area contributed by atoms with E-state index in [-0.39, 0.29) is 0 Å². The molecular formula is C30H23ClN6O3S. The number of benzene rings is 2. The van der Waals surface area contributed by atoms with E-state index in [0.29, 0.717) is 33.9 Å². The van der Waals surface area contributed by atoms with Gasteiger partial charge in [0.2, 0.25) is 0 Å². The summed E-state index contributed by atoms with van der Waals surface area (Å²) in [7, 11) is 1.66. The van der Waals surface area contributed by atoms with Crippen LogP contribution in [0.4, 0.5) is 0 Å². The van der Waals surface area contributed by atoms with Gasteiger partial charge in [-0.15, -0.1) is 11.3 Å². The standard InChI is InChI=1S/C30H23ClN6O3S/c1-14-25(15(2)40-37-14)20-11-21-19(12-23(20)38-4)26-22(33-16(3)34-28(26)35-21)13-24-27(17-6-5-7-18(31)10-17)36-30(41-24)29-32-8-9-39-29/h5-12H,13H2,1-4H3,(H,33,34,35). The summed E-state index contributed by atoms with van der Waals surface area (Å²) in [4.78, 5) is 23.4. The second-order valence-electron chi connectivity index (χ2n) is 9.68. The number of nitrogens with one attached hydrogen (secondary N) is 1. The van der Waals surface area contributed by atoms with E-state index in [1.807, 2.05) is 51.1 Å². The summed E-state index contributed by atoms with van der Waals surface area (Å²) >= 11 is 7.88. The van der Waals surface area contributed by atoms with E-state index in [1.165, 1.54) is 11.3 Å². The lowest BCUT2D eigenvalue weighted by Crippen LogP contribution is -1.98. The maximum atomic E-state index is 6.36. The smallest absolute Gasteiger partial charge is 0.255 e. The molecule has 1 N–H and O–H groups in total. The molecule has 0 atom stereocenters. The fourth-order valence-electron chi connectivity index (χ4n) is 5.29. The molecule has 204 valence electrons. The highest BCUT2D eigenvalue weighted by molar-refractivity contribution is 7.15. The highest BCUT2D eigenvalue weighted by atomic mass is 35.5. The Bertz CT molecular complexity index is 2060.